The van der Waals surface area contributed by atoms with E-state index in [1.165, 1.54) is 54.7 Å². The van der Waals surface area contributed by atoms with Crippen LogP contribution in [-0.2, 0) is 59.0 Å². The maximum absolute atomic E-state index is 13.0. The van der Waals surface area contributed by atoms with Crippen LogP contribution in [0, 0.1) is 0 Å². The molecule has 3 aliphatic heterocycles. The fourth-order valence-corrected chi connectivity index (χ4v) is 6.88. The number of allylic oxidation sites excluding steroid dienone is 8. The first kappa shape index (κ1) is 43.0. The maximum Gasteiger partial charge on any atom is 0.348 e. The van der Waals surface area contributed by atoms with Gasteiger partial charge in [-0.05, 0) is 50.1 Å². The van der Waals surface area contributed by atoms with Gasteiger partial charge in [-0.2, -0.15) is 0 Å². The number of hydrogen-bond donors (Lipinski definition) is 6. The summed E-state index contributed by atoms with van der Waals surface area (Å²) in [5.74, 6) is -7.88. The minimum atomic E-state index is -1.59. The van der Waals surface area contributed by atoms with Gasteiger partial charge in [0.05, 0.1) is 0 Å². The number of nitrogens with one attached hydrogen (secondary N) is 4. The van der Waals surface area contributed by atoms with Crippen LogP contribution in [0.5, 0.6) is 0 Å². The van der Waals surface area contributed by atoms with Gasteiger partial charge in [-0.1, -0.05) is 103 Å². The van der Waals surface area contributed by atoms with Gasteiger partial charge in [0.2, 0.25) is 12.3 Å². The Morgan fingerprint density at radius 2 is 1.21 bits per heavy atom. The smallest absolute Gasteiger partial charge is 0.348 e. The number of hydrogen-bond acceptors (Lipinski definition) is 12. The summed E-state index contributed by atoms with van der Waals surface area (Å²) in [6.07, 6.45) is 14.3. The van der Waals surface area contributed by atoms with Crippen LogP contribution in [0.3, 0.4) is 0 Å². The van der Waals surface area contributed by atoms with Crippen molar-refractivity contribution in [2.45, 2.75) is 69.4 Å². The van der Waals surface area contributed by atoms with Crippen molar-refractivity contribution in [3.8, 4) is 0 Å². The standard InChI is InChI=1S/C45H44N4O12/c1-29(35(51)47-42(2,46-28-50)30-17-9-5-10-18-30)16-8-4-14-22-33-38(54)58-44(59-39(33)55)24-26-45(27-25-44)60-40(56)34(41(57)61-45)23-15-7-13-21-32-36(52)48-43(3,49-37(32)53)31-19-11-6-12-20-31/h4-23,28,54,56H,24-27H2,1-3H3,(H,46,50)(H,47,51)(H,48,52)(H,49,53). The minimum absolute atomic E-state index is 0.0632. The topological polar surface area (TPSA) is 228 Å². The molecular weight excluding hydrogens is 789 g/mol. The molecule has 1 saturated heterocycles. The number of benzene rings is 2. The van der Waals surface area contributed by atoms with E-state index in [2.05, 4.69) is 21.3 Å². The highest BCUT2D eigenvalue weighted by Gasteiger charge is 2.55. The summed E-state index contributed by atoms with van der Waals surface area (Å²) in [7, 11) is 0. The van der Waals surface area contributed by atoms with Crippen LogP contribution in [0.4, 0.5) is 0 Å². The van der Waals surface area contributed by atoms with Gasteiger partial charge in [0, 0.05) is 31.3 Å². The summed E-state index contributed by atoms with van der Waals surface area (Å²) in [4.78, 5) is 75.6. The number of aliphatic hydroxyl groups is 2. The molecule has 4 aliphatic rings. The maximum atomic E-state index is 13.0. The summed E-state index contributed by atoms with van der Waals surface area (Å²) in [5, 5.41) is 32.4. The molecule has 1 saturated carbocycles. The SMILES string of the molecule is CC(=CC=CC=CC1=C(O)OC2(CCC3(CC2)OC(=O)C(C=CC=CC=C2C(=O)NC(C)(c4ccccc4)NC2=O)=C(O)O3)OC1=O)C(=O)NC(C)(NC=O)c1ccccc1. The third-order valence-corrected chi connectivity index (χ3v) is 10.4. The molecule has 6 N–H and O–H groups in total. The lowest BCUT2D eigenvalue weighted by atomic mass is 9.87. The molecule has 0 aromatic heterocycles. The first-order chi connectivity index (χ1) is 29.1. The van der Waals surface area contributed by atoms with Crippen LogP contribution in [0.1, 0.15) is 57.6 Å². The lowest BCUT2D eigenvalue weighted by molar-refractivity contribution is -0.302. The second-order valence-corrected chi connectivity index (χ2v) is 14.8. The lowest BCUT2D eigenvalue weighted by Gasteiger charge is -2.46. The predicted octanol–water partition coefficient (Wildman–Crippen LogP) is 4.59. The molecule has 1 unspecified atom stereocenters. The number of carbonyl (C=O) groups excluding carboxylic acids is 6. The minimum Gasteiger partial charge on any atom is -0.480 e. The van der Waals surface area contributed by atoms with E-state index < -0.39 is 64.5 Å². The molecule has 4 amide bonds. The fourth-order valence-electron chi connectivity index (χ4n) is 6.88. The van der Waals surface area contributed by atoms with E-state index in [4.69, 9.17) is 18.9 Å². The van der Waals surface area contributed by atoms with E-state index in [-0.39, 0.29) is 42.4 Å². The van der Waals surface area contributed by atoms with Crippen molar-refractivity contribution in [3.63, 3.8) is 0 Å². The normalized spacial score (nSPS) is 25.6. The number of carbonyl (C=O) groups is 6. The van der Waals surface area contributed by atoms with Crippen LogP contribution < -0.4 is 21.3 Å². The Morgan fingerprint density at radius 3 is 1.70 bits per heavy atom. The van der Waals surface area contributed by atoms with E-state index in [1.807, 2.05) is 12.1 Å². The molecule has 1 atom stereocenters. The fraction of sp³-hybridized carbons (Fsp3) is 0.244. The average molecular weight is 833 g/mol. The first-order valence-corrected chi connectivity index (χ1v) is 19.2. The van der Waals surface area contributed by atoms with Gasteiger partial charge in [0.1, 0.15) is 28.0 Å². The monoisotopic (exact) mass is 832 g/mol. The molecular formula is C45H44N4O12. The van der Waals surface area contributed by atoms with Crippen molar-refractivity contribution < 1.29 is 57.9 Å². The van der Waals surface area contributed by atoms with Gasteiger partial charge >= 0.3 is 11.9 Å². The van der Waals surface area contributed by atoms with E-state index in [1.54, 1.807) is 75.4 Å². The van der Waals surface area contributed by atoms with E-state index in [0.29, 0.717) is 23.1 Å². The largest absolute Gasteiger partial charge is 0.480 e. The van der Waals surface area contributed by atoms with Crippen LogP contribution in [0.2, 0.25) is 0 Å². The Kier molecular flexibility index (Phi) is 12.5. The summed E-state index contributed by atoms with van der Waals surface area (Å²) in [6, 6.07) is 17.9. The average Bonchev–Trinajstić information content (AvgIpc) is 3.22. The van der Waals surface area contributed by atoms with Gasteiger partial charge in [-0.3, -0.25) is 19.2 Å². The van der Waals surface area contributed by atoms with E-state index in [0.717, 1.165) is 0 Å². The zero-order chi connectivity index (χ0) is 43.8. The second-order valence-electron chi connectivity index (χ2n) is 14.8. The number of esters is 2. The van der Waals surface area contributed by atoms with Crippen molar-refractivity contribution in [1.82, 2.24) is 21.3 Å². The number of amides is 4. The van der Waals surface area contributed by atoms with Crippen molar-refractivity contribution in [3.05, 3.63) is 167 Å². The molecule has 16 nitrogen and oxygen atoms in total. The third-order valence-electron chi connectivity index (χ3n) is 10.4. The molecule has 1 aliphatic carbocycles. The molecule has 2 spiro atoms. The molecule has 16 heteroatoms. The second kappa shape index (κ2) is 17.7. The highest BCUT2D eigenvalue weighted by molar-refractivity contribution is 6.20. The molecule has 6 rings (SSSR count). The predicted molar refractivity (Wildman–Crippen MR) is 217 cm³/mol. The number of rotatable bonds is 12. The Morgan fingerprint density at radius 1 is 0.721 bits per heavy atom. The van der Waals surface area contributed by atoms with Crippen LogP contribution in [0.15, 0.2) is 156 Å². The highest BCUT2D eigenvalue weighted by atomic mass is 16.8. The Bertz CT molecular complexity index is 2330. The van der Waals surface area contributed by atoms with Gasteiger partial charge in [0.15, 0.2) is 0 Å². The van der Waals surface area contributed by atoms with Crippen LogP contribution >= 0.6 is 0 Å². The van der Waals surface area contributed by atoms with Crippen LogP contribution in [0.25, 0.3) is 0 Å². The summed E-state index contributed by atoms with van der Waals surface area (Å²) < 4.78 is 22.5. The summed E-state index contributed by atoms with van der Waals surface area (Å²) in [6.45, 7) is 4.92. The quantitative estimate of drug-likeness (QED) is 0.0431. The number of ether oxygens (including phenoxy) is 4. The van der Waals surface area contributed by atoms with Gasteiger partial charge in [-0.25, -0.2) is 9.59 Å². The third kappa shape index (κ3) is 9.65. The van der Waals surface area contributed by atoms with Crippen molar-refractivity contribution in [2.24, 2.45) is 0 Å². The molecule has 0 radical (unpaired) electrons. The zero-order valence-corrected chi connectivity index (χ0v) is 33.4. The first-order valence-electron chi connectivity index (χ1n) is 19.2. The van der Waals surface area contributed by atoms with Crippen molar-refractivity contribution in [1.29, 1.82) is 0 Å². The Labute approximate surface area is 350 Å². The molecule has 2 aromatic rings. The van der Waals surface area contributed by atoms with Gasteiger partial charge in [0.25, 0.3) is 35.3 Å². The highest BCUT2D eigenvalue weighted by Crippen LogP contribution is 2.46. The molecule has 0 bridgehead atoms. The molecule has 3 heterocycles. The molecule has 316 valence electrons. The Balaban J connectivity index is 1.01. The zero-order valence-electron chi connectivity index (χ0n) is 33.4. The van der Waals surface area contributed by atoms with Crippen molar-refractivity contribution >= 4 is 36.1 Å². The van der Waals surface area contributed by atoms with Crippen molar-refractivity contribution in [2.75, 3.05) is 0 Å². The summed E-state index contributed by atoms with van der Waals surface area (Å²) in [5.41, 5.74) is -1.21. The van der Waals surface area contributed by atoms with E-state index in [9.17, 15) is 39.0 Å². The van der Waals surface area contributed by atoms with Gasteiger partial charge < -0.3 is 50.4 Å². The van der Waals surface area contributed by atoms with Gasteiger partial charge in [-0.15, -0.1) is 0 Å². The lowest BCUT2D eigenvalue weighted by Crippen LogP contribution is -2.62. The molecule has 2 fully saturated rings. The number of aliphatic hydroxyl groups excluding tert-OH is 2. The van der Waals surface area contributed by atoms with Crippen LogP contribution in [-0.4, -0.2) is 57.9 Å². The molecule has 61 heavy (non-hydrogen) atoms. The van der Waals surface area contributed by atoms with E-state index >= 15 is 0 Å². The molecule has 2 aromatic carbocycles. The Hall–Kier alpha value is -7.62. The summed E-state index contributed by atoms with van der Waals surface area (Å²) >= 11 is 0.